The van der Waals surface area contributed by atoms with E-state index in [-0.39, 0.29) is 11.7 Å². The number of carbonyl (C=O) groups excluding carboxylic acids is 1. The third kappa shape index (κ3) is 3.10. The first-order valence-corrected chi connectivity index (χ1v) is 8.84. The lowest BCUT2D eigenvalue weighted by Crippen LogP contribution is -2.43. The van der Waals surface area contributed by atoms with Crippen LogP contribution in [0.4, 0.5) is 4.39 Å². The highest BCUT2D eigenvalue weighted by atomic mass is 32.2. The molecule has 1 saturated heterocycles. The van der Waals surface area contributed by atoms with Crippen molar-refractivity contribution in [3.05, 3.63) is 30.1 Å². The Balaban J connectivity index is 1.63. The first-order valence-electron chi connectivity index (χ1n) is 7.85. The van der Waals surface area contributed by atoms with E-state index in [1.807, 2.05) is 6.07 Å². The van der Waals surface area contributed by atoms with E-state index < -0.39 is 0 Å². The maximum atomic E-state index is 13.6. The third-order valence-corrected chi connectivity index (χ3v) is 5.85. The predicted molar refractivity (Wildman–Crippen MR) is 83.8 cm³/mol. The molecule has 0 aromatic heterocycles. The summed E-state index contributed by atoms with van der Waals surface area (Å²) in [5.41, 5.74) is 0. The van der Waals surface area contributed by atoms with E-state index in [0.717, 1.165) is 12.8 Å². The van der Waals surface area contributed by atoms with Crippen molar-refractivity contribution in [2.24, 2.45) is 5.92 Å². The Kier molecular flexibility index (Phi) is 4.53. The summed E-state index contributed by atoms with van der Waals surface area (Å²) in [6.45, 7) is 2.16. The molecule has 21 heavy (non-hydrogen) atoms. The molecule has 1 aromatic rings. The van der Waals surface area contributed by atoms with E-state index in [1.54, 1.807) is 12.1 Å². The van der Waals surface area contributed by atoms with Crippen LogP contribution in [0, 0.1) is 11.7 Å². The number of likely N-dealkylation sites (tertiary alicyclic amines) is 1. The Hall–Kier alpha value is -1.03. The highest BCUT2D eigenvalue weighted by Crippen LogP contribution is 2.40. The maximum absolute atomic E-state index is 13.6. The smallest absolute Gasteiger partial charge is 0.233 e. The molecule has 0 spiro atoms. The molecule has 3 unspecified atom stereocenters. The molecule has 3 rings (SSSR count). The molecule has 2 aliphatic rings. The van der Waals surface area contributed by atoms with Crippen LogP contribution in [0.5, 0.6) is 0 Å². The summed E-state index contributed by atoms with van der Waals surface area (Å²) < 4.78 is 13.6. The van der Waals surface area contributed by atoms with Crippen molar-refractivity contribution in [2.75, 3.05) is 5.75 Å². The molecule has 1 heterocycles. The summed E-state index contributed by atoms with van der Waals surface area (Å²) >= 11 is 1.32. The molecule has 3 atom stereocenters. The van der Waals surface area contributed by atoms with Crippen molar-refractivity contribution >= 4 is 17.7 Å². The van der Waals surface area contributed by atoms with Gasteiger partial charge in [0.2, 0.25) is 5.91 Å². The van der Waals surface area contributed by atoms with Gasteiger partial charge in [-0.15, -0.1) is 11.8 Å². The fourth-order valence-electron chi connectivity index (χ4n) is 3.91. The van der Waals surface area contributed by atoms with Crippen LogP contribution in [0.15, 0.2) is 29.2 Å². The number of amides is 1. The third-order valence-electron chi connectivity index (χ3n) is 4.82. The Morgan fingerprint density at radius 1 is 1.33 bits per heavy atom. The van der Waals surface area contributed by atoms with Crippen LogP contribution in [-0.2, 0) is 4.79 Å². The van der Waals surface area contributed by atoms with Gasteiger partial charge in [0.15, 0.2) is 0 Å². The van der Waals surface area contributed by atoms with E-state index in [1.165, 1.54) is 37.1 Å². The largest absolute Gasteiger partial charge is 0.336 e. The highest BCUT2D eigenvalue weighted by molar-refractivity contribution is 8.00. The Bertz CT molecular complexity index is 521. The van der Waals surface area contributed by atoms with Crippen molar-refractivity contribution < 1.29 is 9.18 Å². The summed E-state index contributed by atoms with van der Waals surface area (Å²) in [7, 11) is 0. The average molecular weight is 307 g/mol. The highest BCUT2D eigenvalue weighted by Gasteiger charge is 2.42. The van der Waals surface area contributed by atoms with Gasteiger partial charge < -0.3 is 4.90 Å². The zero-order valence-electron chi connectivity index (χ0n) is 12.4. The molecule has 0 bridgehead atoms. The summed E-state index contributed by atoms with van der Waals surface area (Å²) in [5.74, 6) is 0.968. The molecule has 1 amide bonds. The Morgan fingerprint density at radius 2 is 2.10 bits per heavy atom. The van der Waals surface area contributed by atoms with Crippen LogP contribution in [0.3, 0.4) is 0 Å². The first-order chi connectivity index (χ1) is 10.2. The van der Waals surface area contributed by atoms with Crippen LogP contribution >= 0.6 is 11.8 Å². The number of carbonyl (C=O) groups is 1. The monoisotopic (exact) mass is 307 g/mol. The molecule has 1 aliphatic heterocycles. The van der Waals surface area contributed by atoms with Crippen LogP contribution in [-0.4, -0.2) is 28.6 Å². The lowest BCUT2D eigenvalue weighted by atomic mass is 9.85. The zero-order valence-corrected chi connectivity index (χ0v) is 13.2. The van der Waals surface area contributed by atoms with Crippen molar-refractivity contribution in [1.82, 2.24) is 4.90 Å². The molecule has 114 valence electrons. The lowest BCUT2D eigenvalue weighted by Gasteiger charge is -2.33. The normalized spacial score (nSPS) is 28.5. The SMILES string of the molecule is CC1CC2CCCCC2N1C(=O)CSc1ccccc1F. The van der Waals surface area contributed by atoms with E-state index in [9.17, 15) is 9.18 Å². The molecule has 2 nitrogen and oxygen atoms in total. The summed E-state index contributed by atoms with van der Waals surface area (Å²) in [6, 6.07) is 7.45. The van der Waals surface area contributed by atoms with Crippen LogP contribution in [0.2, 0.25) is 0 Å². The number of rotatable bonds is 3. The summed E-state index contributed by atoms with van der Waals surface area (Å²) in [5, 5.41) is 0. The fraction of sp³-hybridized carbons (Fsp3) is 0.588. The Morgan fingerprint density at radius 3 is 2.90 bits per heavy atom. The predicted octanol–water partition coefficient (Wildman–Crippen LogP) is 4.10. The first kappa shape index (κ1) is 14.9. The molecule has 1 aromatic carbocycles. The minimum atomic E-state index is -0.236. The van der Waals surface area contributed by atoms with Gasteiger partial charge in [0.05, 0.1) is 5.75 Å². The number of hydrogen-bond acceptors (Lipinski definition) is 2. The molecular formula is C17H22FNOS. The van der Waals surface area contributed by atoms with Gasteiger partial charge in [0, 0.05) is 17.0 Å². The second-order valence-electron chi connectivity index (χ2n) is 6.22. The van der Waals surface area contributed by atoms with Crippen molar-refractivity contribution in [1.29, 1.82) is 0 Å². The number of halogens is 1. The van der Waals surface area contributed by atoms with Gasteiger partial charge in [-0.1, -0.05) is 25.0 Å². The second kappa shape index (κ2) is 6.39. The van der Waals surface area contributed by atoms with Crippen molar-refractivity contribution in [3.8, 4) is 0 Å². The molecule has 0 radical (unpaired) electrons. The van der Waals surface area contributed by atoms with Crippen LogP contribution in [0.25, 0.3) is 0 Å². The lowest BCUT2D eigenvalue weighted by molar-refractivity contribution is -0.131. The molecular weight excluding hydrogens is 285 g/mol. The minimum absolute atomic E-state index is 0.171. The van der Waals surface area contributed by atoms with Gasteiger partial charge in [-0.2, -0.15) is 0 Å². The molecule has 2 fully saturated rings. The van der Waals surface area contributed by atoms with E-state index in [0.29, 0.717) is 28.6 Å². The average Bonchev–Trinajstić information content (AvgIpc) is 2.82. The van der Waals surface area contributed by atoms with E-state index in [4.69, 9.17) is 0 Å². The quantitative estimate of drug-likeness (QED) is 0.784. The number of fused-ring (bicyclic) bond motifs is 1. The molecule has 0 N–H and O–H groups in total. The van der Waals surface area contributed by atoms with Gasteiger partial charge in [-0.05, 0) is 44.2 Å². The van der Waals surface area contributed by atoms with E-state index >= 15 is 0 Å². The topological polar surface area (TPSA) is 20.3 Å². The van der Waals surface area contributed by atoms with Gasteiger partial charge in [0.1, 0.15) is 5.82 Å². The molecule has 4 heteroatoms. The van der Waals surface area contributed by atoms with E-state index in [2.05, 4.69) is 11.8 Å². The molecule has 1 aliphatic carbocycles. The van der Waals surface area contributed by atoms with Crippen LogP contribution in [0.1, 0.15) is 39.0 Å². The van der Waals surface area contributed by atoms with Gasteiger partial charge in [-0.3, -0.25) is 4.79 Å². The van der Waals surface area contributed by atoms with Crippen molar-refractivity contribution in [3.63, 3.8) is 0 Å². The molecule has 1 saturated carbocycles. The summed E-state index contributed by atoms with van der Waals surface area (Å²) in [4.78, 5) is 15.2. The standard InChI is InChI=1S/C17H22FNOS/c1-12-10-13-6-2-4-8-15(13)19(12)17(20)11-21-16-9-5-3-7-14(16)18/h3,5,7,9,12-13,15H,2,4,6,8,10-11H2,1H3. The fourth-order valence-corrected chi connectivity index (χ4v) is 4.72. The van der Waals surface area contributed by atoms with Gasteiger partial charge >= 0.3 is 0 Å². The number of benzene rings is 1. The van der Waals surface area contributed by atoms with Crippen molar-refractivity contribution in [2.45, 2.75) is 56.0 Å². The van der Waals surface area contributed by atoms with Crippen LogP contribution < -0.4 is 0 Å². The number of thioether (sulfide) groups is 1. The Labute approximate surface area is 130 Å². The maximum Gasteiger partial charge on any atom is 0.233 e. The number of nitrogens with zero attached hydrogens (tertiary/aromatic N) is 1. The second-order valence-corrected chi connectivity index (χ2v) is 7.23. The number of hydrogen-bond donors (Lipinski definition) is 0. The minimum Gasteiger partial charge on any atom is -0.336 e. The zero-order chi connectivity index (χ0) is 14.8. The van der Waals surface area contributed by atoms with Gasteiger partial charge in [0.25, 0.3) is 0 Å². The summed E-state index contributed by atoms with van der Waals surface area (Å²) in [6.07, 6.45) is 6.09. The van der Waals surface area contributed by atoms with Gasteiger partial charge in [-0.25, -0.2) is 4.39 Å².